The van der Waals surface area contributed by atoms with Crippen molar-refractivity contribution in [2.75, 3.05) is 6.54 Å². The zero-order chi connectivity index (χ0) is 43.1. The van der Waals surface area contributed by atoms with Gasteiger partial charge in [-0.15, -0.1) is 22.7 Å². The molecule has 5 aromatic rings. The Balaban J connectivity index is 1.13. The predicted octanol–water partition coefficient (Wildman–Crippen LogP) is 12.0. The Morgan fingerprint density at radius 3 is 1.21 bits per heavy atom. The lowest BCUT2D eigenvalue weighted by molar-refractivity contribution is 0.0560. The molecule has 0 saturated heterocycles. The second-order valence-corrected chi connectivity index (χ2v) is 18.4. The van der Waals surface area contributed by atoms with E-state index in [1.807, 2.05) is 76.2 Å². The zero-order valence-corrected chi connectivity index (χ0v) is 37.1. The fourth-order valence-electron chi connectivity index (χ4n) is 9.15. The van der Waals surface area contributed by atoms with Crippen LogP contribution in [0.5, 0.6) is 0 Å². The average Bonchev–Trinajstić information content (AvgIpc) is 4.10. The standard InChI is InChI=1S/C50H51N3O6S2/c1-6-11-12-13-14-15-26-51-49(58)43-35(41-24-22-39(60-41)29-16-18-33-37(27-29)47(56)52(45(33)54)31(7-2)8-3)20-21-36(44(43)50(51)59)42-25-23-40(61-42)30-17-19-34-38(28-30)48(57)53(46(34)55)32(9-4)10-5/h16-25,27-28,31-32H,6-15,26H2,1-5H3. The molecular weight excluding hydrogens is 803 g/mol. The lowest BCUT2D eigenvalue weighted by Crippen LogP contribution is -2.39. The molecule has 0 fully saturated rings. The molecule has 5 heterocycles. The number of hydrogen-bond donors (Lipinski definition) is 0. The van der Waals surface area contributed by atoms with E-state index in [1.165, 1.54) is 43.8 Å². The molecule has 0 spiro atoms. The maximum atomic E-state index is 14.4. The predicted molar refractivity (Wildman–Crippen MR) is 242 cm³/mol. The highest BCUT2D eigenvalue weighted by molar-refractivity contribution is 7.19. The zero-order valence-electron chi connectivity index (χ0n) is 35.5. The molecule has 0 bridgehead atoms. The fourth-order valence-corrected chi connectivity index (χ4v) is 11.2. The molecule has 61 heavy (non-hydrogen) atoms. The molecule has 3 aliphatic heterocycles. The van der Waals surface area contributed by atoms with E-state index in [4.69, 9.17) is 0 Å². The smallest absolute Gasteiger partial charge is 0.262 e. The van der Waals surface area contributed by atoms with E-state index in [-0.39, 0.29) is 47.5 Å². The molecule has 0 atom stereocenters. The average molecular weight is 854 g/mol. The van der Waals surface area contributed by atoms with Crippen LogP contribution in [-0.4, -0.2) is 68.8 Å². The Hall–Kier alpha value is -5.52. The molecule has 3 aliphatic rings. The fraction of sp³-hybridized carbons (Fsp3) is 0.360. The normalized spacial score (nSPS) is 14.8. The molecule has 2 aromatic heterocycles. The minimum atomic E-state index is -0.302. The van der Waals surface area contributed by atoms with Crippen LogP contribution in [0.25, 0.3) is 41.8 Å². The van der Waals surface area contributed by atoms with Crippen molar-refractivity contribution in [3.63, 3.8) is 0 Å². The number of fused-ring (bicyclic) bond motifs is 3. The van der Waals surface area contributed by atoms with E-state index in [1.54, 1.807) is 24.3 Å². The number of benzene rings is 3. The van der Waals surface area contributed by atoms with Gasteiger partial charge in [-0.05, 0) is 91.8 Å². The van der Waals surface area contributed by atoms with Gasteiger partial charge in [-0.2, -0.15) is 0 Å². The second-order valence-electron chi connectivity index (χ2n) is 16.2. The summed E-state index contributed by atoms with van der Waals surface area (Å²) < 4.78 is 0. The maximum Gasteiger partial charge on any atom is 0.262 e. The number of rotatable bonds is 17. The van der Waals surface area contributed by atoms with E-state index < -0.39 is 0 Å². The minimum Gasteiger partial charge on any atom is -0.274 e. The molecule has 9 nitrogen and oxygen atoms in total. The van der Waals surface area contributed by atoms with Crippen LogP contribution in [-0.2, 0) is 0 Å². The largest absolute Gasteiger partial charge is 0.274 e. The lowest BCUT2D eigenvalue weighted by Gasteiger charge is -2.23. The van der Waals surface area contributed by atoms with Gasteiger partial charge in [0.25, 0.3) is 35.4 Å². The number of unbranched alkanes of at least 4 members (excludes halogenated alkanes) is 5. The van der Waals surface area contributed by atoms with Crippen LogP contribution >= 0.6 is 22.7 Å². The number of imide groups is 3. The maximum absolute atomic E-state index is 14.4. The van der Waals surface area contributed by atoms with Crippen molar-refractivity contribution in [2.45, 2.75) is 111 Å². The summed E-state index contributed by atoms with van der Waals surface area (Å²) in [5.74, 6) is -1.65. The molecule has 314 valence electrons. The van der Waals surface area contributed by atoms with E-state index in [2.05, 4.69) is 6.92 Å². The highest BCUT2D eigenvalue weighted by atomic mass is 32.1. The lowest BCUT2D eigenvalue weighted by atomic mass is 9.95. The molecule has 0 unspecified atom stereocenters. The van der Waals surface area contributed by atoms with Crippen LogP contribution in [0, 0.1) is 0 Å². The Morgan fingerprint density at radius 1 is 0.410 bits per heavy atom. The van der Waals surface area contributed by atoms with Crippen molar-refractivity contribution >= 4 is 58.1 Å². The Bertz CT molecular complexity index is 2430. The third kappa shape index (κ3) is 7.29. The summed E-state index contributed by atoms with van der Waals surface area (Å²) >= 11 is 2.95. The third-order valence-corrected chi connectivity index (χ3v) is 15.0. The first-order chi connectivity index (χ1) is 29.6. The summed E-state index contributed by atoms with van der Waals surface area (Å²) in [6.07, 6.45) is 8.91. The van der Waals surface area contributed by atoms with Gasteiger partial charge in [0.2, 0.25) is 0 Å². The summed E-state index contributed by atoms with van der Waals surface area (Å²) in [5, 5.41) is 0. The summed E-state index contributed by atoms with van der Waals surface area (Å²) in [4.78, 5) is 90.0. The first-order valence-electron chi connectivity index (χ1n) is 21.8. The van der Waals surface area contributed by atoms with Crippen LogP contribution in [0.4, 0.5) is 0 Å². The minimum absolute atomic E-state index is 0.155. The van der Waals surface area contributed by atoms with Crippen molar-refractivity contribution in [1.82, 2.24) is 14.7 Å². The quantitative estimate of drug-likeness (QED) is 0.0680. The summed E-state index contributed by atoms with van der Waals surface area (Å²) in [6.45, 7) is 10.4. The van der Waals surface area contributed by atoms with Gasteiger partial charge in [0.15, 0.2) is 0 Å². The first kappa shape index (κ1) is 42.2. The van der Waals surface area contributed by atoms with Crippen molar-refractivity contribution in [3.05, 3.63) is 106 Å². The van der Waals surface area contributed by atoms with Gasteiger partial charge in [-0.1, -0.05) is 91.0 Å². The molecule has 8 rings (SSSR count). The molecular formula is C50H51N3O6S2. The first-order valence-corrected chi connectivity index (χ1v) is 23.5. The number of nitrogens with zero attached hydrogens (tertiary/aromatic N) is 3. The second kappa shape index (κ2) is 17.5. The Labute approximate surface area is 365 Å². The van der Waals surface area contributed by atoms with Gasteiger partial charge in [0.1, 0.15) is 0 Å². The van der Waals surface area contributed by atoms with Crippen LogP contribution < -0.4 is 0 Å². The van der Waals surface area contributed by atoms with Crippen LogP contribution in [0.2, 0.25) is 0 Å². The molecule has 6 amide bonds. The third-order valence-electron chi connectivity index (χ3n) is 12.6. The number of amides is 6. The number of carbonyl (C=O) groups excluding carboxylic acids is 6. The van der Waals surface area contributed by atoms with Gasteiger partial charge >= 0.3 is 0 Å². The van der Waals surface area contributed by atoms with Crippen molar-refractivity contribution < 1.29 is 28.8 Å². The van der Waals surface area contributed by atoms with Crippen LogP contribution in [0.15, 0.2) is 72.8 Å². The van der Waals surface area contributed by atoms with E-state index >= 15 is 0 Å². The molecule has 0 aliphatic carbocycles. The summed E-state index contributed by atoms with van der Waals surface area (Å²) in [6, 6.07) is 22.2. The number of carbonyl (C=O) groups is 6. The molecule has 3 aromatic carbocycles. The monoisotopic (exact) mass is 853 g/mol. The van der Waals surface area contributed by atoms with E-state index in [9.17, 15) is 28.8 Å². The number of thiophene rings is 2. The SMILES string of the molecule is CCCCCCCCN1C(=O)c2c(-c3ccc(-c4ccc5c(c4)C(=O)N(C(CC)CC)C5=O)s3)ccc(-c3ccc(-c4ccc5c(c4)C(=O)N(C(CC)CC)C5=O)s3)c2C1=O. The highest BCUT2D eigenvalue weighted by Crippen LogP contribution is 2.46. The van der Waals surface area contributed by atoms with Gasteiger partial charge in [-0.3, -0.25) is 43.5 Å². The summed E-state index contributed by atoms with van der Waals surface area (Å²) in [7, 11) is 0. The topological polar surface area (TPSA) is 112 Å². The molecule has 0 N–H and O–H groups in total. The van der Waals surface area contributed by atoms with E-state index in [0.29, 0.717) is 76.7 Å². The Morgan fingerprint density at radius 2 is 0.787 bits per heavy atom. The van der Waals surface area contributed by atoms with Gasteiger partial charge < -0.3 is 0 Å². The van der Waals surface area contributed by atoms with Crippen LogP contribution in [0.3, 0.4) is 0 Å². The molecule has 11 heteroatoms. The molecule has 0 radical (unpaired) electrons. The highest BCUT2D eigenvalue weighted by Gasteiger charge is 2.42. The van der Waals surface area contributed by atoms with Crippen molar-refractivity contribution in [1.29, 1.82) is 0 Å². The van der Waals surface area contributed by atoms with E-state index in [0.717, 1.165) is 62.7 Å². The van der Waals surface area contributed by atoms with Crippen molar-refractivity contribution in [3.8, 4) is 41.8 Å². The number of hydrogen-bond acceptors (Lipinski definition) is 8. The Kier molecular flexibility index (Phi) is 12.1. The van der Waals surface area contributed by atoms with Crippen LogP contribution in [0.1, 0.15) is 161 Å². The summed E-state index contributed by atoms with van der Waals surface area (Å²) in [5.41, 5.74) is 5.36. The van der Waals surface area contributed by atoms with Gasteiger partial charge in [0.05, 0.1) is 33.4 Å². The van der Waals surface area contributed by atoms with Gasteiger partial charge in [-0.25, -0.2) is 0 Å². The van der Waals surface area contributed by atoms with Gasteiger partial charge in [0, 0.05) is 49.3 Å². The van der Waals surface area contributed by atoms with Crippen molar-refractivity contribution in [2.24, 2.45) is 0 Å². The molecule has 0 saturated carbocycles.